The first kappa shape index (κ1) is 20.7. The highest BCUT2D eigenvalue weighted by Crippen LogP contribution is 2.27. The van der Waals surface area contributed by atoms with Crippen LogP contribution in [0.15, 0.2) is 18.2 Å². The minimum Gasteiger partial charge on any atom is -0.492 e. The molecule has 3 rings (SSSR count). The fraction of sp³-hybridized carbons (Fsp3) is 0.650. The molecule has 27 heavy (non-hydrogen) atoms. The lowest BCUT2D eigenvalue weighted by molar-refractivity contribution is -0.122. The molecule has 1 atom stereocenters. The first-order valence-electron chi connectivity index (χ1n) is 9.77. The van der Waals surface area contributed by atoms with Gasteiger partial charge >= 0.3 is 0 Å². The van der Waals surface area contributed by atoms with Crippen LogP contribution in [0.3, 0.4) is 0 Å². The van der Waals surface area contributed by atoms with Crippen LogP contribution in [0.4, 0.5) is 0 Å². The van der Waals surface area contributed by atoms with Gasteiger partial charge in [0.05, 0.1) is 18.2 Å². The fourth-order valence-electron chi connectivity index (χ4n) is 3.66. The first-order valence-corrected chi connectivity index (χ1v) is 10.5. The molecule has 2 fully saturated rings. The van der Waals surface area contributed by atoms with Gasteiger partial charge in [0.2, 0.25) is 5.91 Å². The second-order valence-corrected chi connectivity index (χ2v) is 8.24. The zero-order chi connectivity index (χ0) is 19.1. The minimum absolute atomic E-state index is 0.100. The van der Waals surface area contributed by atoms with Gasteiger partial charge in [-0.1, -0.05) is 23.2 Å². The molecule has 1 N–H and O–H groups in total. The van der Waals surface area contributed by atoms with Gasteiger partial charge in [0.15, 0.2) is 0 Å². The van der Waals surface area contributed by atoms with Crippen molar-refractivity contribution in [2.75, 3.05) is 39.5 Å². The van der Waals surface area contributed by atoms with Gasteiger partial charge in [0.1, 0.15) is 5.75 Å². The Balaban J connectivity index is 1.27. The van der Waals surface area contributed by atoms with E-state index in [0.717, 1.165) is 45.7 Å². The molecular formula is C20H28Cl2N2O3. The number of hydrogen-bond acceptors (Lipinski definition) is 4. The summed E-state index contributed by atoms with van der Waals surface area (Å²) in [6.07, 6.45) is 4.35. The second-order valence-electron chi connectivity index (χ2n) is 7.40. The molecule has 2 saturated heterocycles. The van der Waals surface area contributed by atoms with E-state index in [4.69, 9.17) is 32.7 Å². The molecule has 0 spiro atoms. The largest absolute Gasteiger partial charge is 0.492 e. The van der Waals surface area contributed by atoms with Crippen LogP contribution < -0.4 is 10.1 Å². The first-order chi connectivity index (χ1) is 13.1. The van der Waals surface area contributed by atoms with Crippen molar-refractivity contribution in [3.8, 4) is 5.75 Å². The third-order valence-corrected chi connectivity index (χ3v) is 5.72. The standard InChI is InChI=1S/C20H28Cl2N2O3/c21-16-3-4-19(18(22)12-16)27-10-1-2-20(25)23-17-5-8-24(9-6-17)13-15-7-11-26-14-15/h3-4,12,15,17H,1-2,5-11,13-14H2,(H,23,25). The molecule has 0 saturated carbocycles. The van der Waals surface area contributed by atoms with Gasteiger partial charge in [-0.05, 0) is 49.8 Å². The average Bonchev–Trinajstić information content (AvgIpc) is 3.15. The van der Waals surface area contributed by atoms with Gasteiger partial charge in [-0.15, -0.1) is 0 Å². The molecule has 0 aromatic heterocycles. The summed E-state index contributed by atoms with van der Waals surface area (Å²) in [5.74, 6) is 1.38. The van der Waals surface area contributed by atoms with E-state index < -0.39 is 0 Å². The summed E-state index contributed by atoms with van der Waals surface area (Å²) < 4.78 is 11.1. The van der Waals surface area contributed by atoms with E-state index in [1.54, 1.807) is 18.2 Å². The van der Waals surface area contributed by atoms with Crippen molar-refractivity contribution in [1.29, 1.82) is 0 Å². The Morgan fingerprint density at radius 3 is 2.78 bits per heavy atom. The van der Waals surface area contributed by atoms with Gasteiger partial charge in [-0.2, -0.15) is 0 Å². The van der Waals surface area contributed by atoms with Crippen molar-refractivity contribution < 1.29 is 14.3 Å². The van der Waals surface area contributed by atoms with E-state index in [-0.39, 0.29) is 5.91 Å². The zero-order valence-corrected chi connectivity index (χ0v) is 17.1. The fourth-order valence-corrected chi connectivity index (χ4v) is 4.12. The quantitative estimate of drug-likeness (QED) is 0.657. The Labute approximate surface area is 171 Å². The van der Waals surface area contributed by atoms with Crippen molar-refractivity contribution in [2.24, 2.45) is 5.92 Å². The number of amides is 1. The Hall–Kier alpha value is -1.01. The van der Waals surface area contributed by atoms with E-state index in [2.05, 4.69) is 10.2 Å². The van der Waals surface area contributed by atoms with Gasteiger partial charge in [-0.25, -0.2) is 0 Å². The third-order valence-electron chi connectivity index (χ3n) is 5.19. The Kier molecular flexibility index (Phi) is 8.07. The highest BCUT2D eigenvalue weighted by molar-refractivity contribution is 6.35. The molecule has 0 aliphatic carbocycles. The lowest BCUT2D eigenvalue weighted by Gasteiger charge is -2.33. The van der Waals surface area contributed by atoms with Crippen LogP contribution in [-0.2, 0) is 9.53 Å². The lowest BCUT2D eigenvalue weighted by Crippen LogP contribution is -2.45. The molecule has 2 aliphatic rings. The number of piperidine rings is 1. The second kappa shape index (κ2) is 10.5. The van der Waals surface area contributed by atoms with E-state index in [0.29, 0.717) is 47.2 Å². The van der Waals surface area contributed by atoms with E-state index in [1.807, 2.05) is 0 Å². The molecule has 1 amide bonds. The van der Waals surface area contributed by atoms with Crippen molar-refractivity contribution in [2.45, 2.75) is 38.1 Å². The van der Waals surface area contributed by atoms with Crippen molar-refractivity contribution in [3.63, 3.8) is 0 Å². The number of likely N-dealkylation sites (tertiary alicyclic amines) is 1. The molecule has 0 bridgehead atoms. The Morgan fingerprint density at radius 2 is 2.07 bits per heavy atom. The highest BCUT2D eigenvalue weighted by Gasteiger charge is 2.24. The van der Waals surface area contributed by atoms with Gasteiger partial charge in [-0.3, -0.25) is 4.79 Å². The van der Waals surface area contributed by atoms with E-state index in [1.165, 1.54) is 6.42 Å². The van der Waals surface area contributed by atoms with Gasteiger partial charge in [0, 0.05) is 43.7 Å². The van der Waals surface area contributed by atoms with E-state index >= 15 is 0 Å². The van der Waals surface area contributed by atoms with Crippen LogP contribution in [0.25, 0.3) is 0 Å². The summed E-state index contributed by atoms with van der Waals surface area (Å²) in [4.78, 5) is 14.7. The van der Waals surface area contributed by atoms with Gasteiger partial charge in [0.25, 0.3) is 0 Å². The summed E-state index contributed by atoms with van der Waals surface area (Å²) in [6.45, 7) is 5.51. The molecular weight excluding hydrogens is 387 g/mol. The summed E-state index contributed by atoms with van der Waals surface area (Å²) in [5.41, 5.74) is 0. The smallest absolute Gasteiger partial charge is 0.220 e. The molecule has 1 aromatic rings. The molecule has 150 valence electrons. The van der Waals surface area contributed by atoms with Gasteiger partial charge < -0.3 is 19.7 Å². The maximum absolute atomic E-state index is 12.2. The number of carbonyl (C=O) groups excluding carboxylic acids is 1. The van der Waals surface area contributed by atoms with E-state index in [9.17, 15) is 4.79 Å². The molecule has 0 radical (unpaired) electrons. The predicted octanol–water partition coefficient (Wildman–Crippen LogP) is 3.77. The van der Waals surface area contributed by atoms with Crippen LogP contribution >= 0.6 is 23.2 Å². The number of ether oxygens (including phenoxy) is 2. The third kappa shape index (κ3) is 6.83. The molecule has 1 aromatic carbocycles. The highest BCUT2D eigenvalue weighted by atomic mass is 35.5. The van der Waals surface area contributed by atoms with Crippen LogP contribution in [0, 0.1) is 5.92 Å². The molecule has 2 heterocycles. The summed E-state index contributed by atoms with van der Waals surface area (Å²) in [6, 6.07) is 5.43. The molecule has 2 aliphatic heterocycles. The van der Waals surface area contributed by atoms with Crippen LogP contribution in [0.5, 0.6) is 5.75 Å². The Bertz CT molecular complexity index is 615. The number of hydrogen-bond donors (Lipinski definition) is 1. The Morgan fingerprint density at radius 1 is 1.26 bits per heavy atom. The monoisotopic (exact) mass is 414 g/mol. The minimum atomic E-state index is 0.100. The SMILES string of the molecule is O=C(CCCOc1ccc(Cl)cc1Cl)NC1CCN(CC2CCOC2)CC1. The van der Waals surface area contributed by atoms with Crippen molar-refractivity contribution in [3.05, 3.63) is 28.2 Å². The number of halogens is 2. The predicted molar refractivity (Wildman–Crippen MR) is 108 cm³/mol. The van der Waals surface area contributed by atoms with Crippen LogP contribution in [-0.4, -0.2) is 56.3 Å². The zero-order valence-electron chi connectivity index (χ0n) is 15.6. The number of benzene rings is 1. The summed E-state index contributed by atoms with van der Waals surface area (Å²) in [5, 5.41) is 4.23. The molecule has 5 nitrogen and oxygen atoms in total. The lowest BCUT2D eigenvalue weighted by atomic mass is 10.0. The topological polar surface area (TPSA) is 50.8 Å². The number of nitrogens with one attached hydrogen (secondary N) is 1. The molecule has 7 heteroatoms. The molecule has 1 unspecified atom stereocenters. The maximum Gasteiger partial charge on any atom is 0.220 e. The van der Waals surface area contributed by atoms with Crippen molar-refractivity contribution in [1.82, 2.24) is 10.2 Å². The number of rotatable bonds is 8. The summed E-state index contributed by atoms with van der Waals surface area (Å²) >= 11 is 11.9. The average molecular weight is 415 g/mol. The number of carbonyl (C=O) groups is 1. The maximum atomic E-state index is 12.2. The van der Waals surface area contributed by atoms with Crippen LogP contribution in [0.2, 0.25) is 10.0 Å². The summed E-state index contributed by atoms with van der Waals surface area (Å²) in [7, 11) is 0. The number of nitrogens with zero attached hydrogens (tertiary/aromatic N) is 1. The van der Waals surface area contributed by atoms with Crippen LogP contribution in [0.1, 0.15) is 32.1 Å². The normalized spacial score (nSPS) is 21.3. The van der Waals surface area contributed by atoms with Crippen molar-refractivity contribution >= 4 is 29.1 Å².